The second-order valence-corrected chi connectivity index (χ2v) is 14.5. The molecule has 0 aliphatic rings. The number of hydrogen-bond donors (Lipinski definition) is 0. The number of aryl methyl sites for hydroxylation is 4. The van der Waals surface area contributed by atoms with E-state index in [2.05, 4.69) is 90.8 Å². The van der Waals surface area contributed by atoms with Gasteiger partial charge in [-0.2, -0.15) is 0 Å². The van der Waals surface area contributed by atoms with E-state index in [1.807, 2.05) is 48.5 Å². The summed E-state index contributed by atoms with van der Waals surface area (Å²) in [6, 6.07) is 20.4. The molecule has 0 aliphatic heterocycles. The first-order valence-corrected chi connectivity index (χ1v) is 16.0. The van der Waals surface area contributed by atoms with Gasteiger partial charge in [0.2, 0.25) is 0 Å². The summed E-state index contributed by atoms with van der Waals surface area (Å²) in [4.78, 5) is 0. The molecule has 0 aliphatic carbocycles. The van der Waals surface area contributed by atoms with Crippen molar-refractivity contribution in [3.8, 4) is 22.6 Å². The molecule has 6 heteroatoms. The Bertz CT molecular complexity index is 1770. The quantitative estimate of drug-likeness (QED) is 0.193. The third kappa shape index (κ3) is 5.48. The van der Waals surface area contributed by atoms with Crippen LogP contribution in [0.4, 0.5) is 0 Å². The fraction of sp³-hybridized carbons (Fsp3) is 0.333. The molecule has 0 saturated heterocycles. The summed E-state index contributed by atoms with van der Waals surface area (Å²) < 4.78 is 26.2. The first kappa shape index (κ1) is 30.3. The summed E-state index contributed by atoms with van der Waals surface area (Å²) in [5.41, 5.74) is 10.3. The summed E-state index contributed by atoms with van der Waals surface area (Å²) in [7, 11) is 0.461. The topological polar surface area (TPSA) is 44.7 Å². The summed E-state index contributed by atoms with van der Waals surface area (Å²) in [5.74, 6) is 1.41. The summed E-state index contributed by atoms with van der Waals surface area (Å²) in [5, 5.41) is 2.20. The maximum Gasteiger partial charge on any atom is 0.453 e. The molecular formula is C36H42O4P2. The van der Waals surface area contributed by atoms with Gasteiger partial charge in [0, 0.05) is 33.0 Å². The highest BCUT2D eigenvalue weighted by Crippen LogP contribution is 2.48. The van der Waals surface area contributed by atoms with E-state index in [0.717, 1.165) is 49.9 Å². The fourth-order valence-electron chi connectivity index (χ4n) is 5.54. The number of para-hydroxylation sites is 2. The van der Waals surface area contributed by atoms with Crippen LogP contribution in [-0.4, -0.2) is 0 Å². The molecule has 4 aromatic carbocycles. The third-order valence-corrected chi connectivity index (χ3v) is 9.42. The number of rotatable bonds is 4. The van der Waals surface area contributed by atoms with E-state index >= 15 is 0 Å². The van der Waals surface area contributed by atoms with Crippen LogP contribution < -0.4 is 9.05 Å². The molecule has 1 aromatic heterocycles. The molecule has 4 nitrogen and oxygen atoms in total. The van der Waals surface area contributed by atoms with Gasteiger partial charge < -0.3 is 17.4 Å². The molecule has 0 spiro atoms. The van der Waals surface area contributed by atoms with Crippen LogP contribution >= 0.6 is 17.7 Å². The van der Waals surface area contributed by atoms with Crippen LogP contribution in [0.5, 0.6) is 11.5 Å². The Balaban J connectivity index is 1.95. The molecule has 1 unspecified atom stereocenters. The highest BCUT2D eigenvalue weighted by atomic mass is 31.1. The number of hydrogen-bond acceptors (Lipinski definition) is 4. The monoisotopic (exact) mass is 600 g/mol. The van der Waals surface area contributed by atoms with Gasteiger partial charge in [0.1, 0.15) is 22.7 Å². The van der Waals surface area contributed by atoms with Crippen LogP contribution in [0.2, 0.25) is 0 Å². The summed E-state index contributed by atoms with van der Waals surface area (Å²) in [6.07, 6.45) is 0. The van der Waals surface area contributed by atoms with Crippen LogP contribution in [0.15, 0.2) is 69.1 Å². The Morgan fingerprint density at radius 3 is 1.45 bits per heavy atom. The predicted molar refractivity (Wildman–Crippen MR) is 181 cm³/mol. The van der Waals surface area contributed by atoms with E-state index in [1.54, 1.807) is 0 Å². The minimum absolute atomic E-state index is 0.161. The highest BCUT2D eigenvalue weighted by molar-refractivity contribution is 7.32. The first-order valence-electron chi connectivity index (χ1n) is 14.4. The minimum Gasteiger partial charge on any atom is -0.480 e. The zero-order valence-corrected chi connectivity index (χ0v) is 28.5. The summed E-state index contributed by atoms with van der Waals surface area (Å²) in [6.45, 7) is 22.1. The fourth-order valence-corrected chi connectivity index (χ4v) is 6.85. The van der Waals surface area contributed by atoms with Crippen molar-refractivity contribution in [2.45, 2.75) is 80.1 Å². The average molecular weight is 601 g/mol. The molecule has 0 saturated carbocycles. The minimum atomic E-state index is -1.89. The molecule has 5 rings (SSSR count). The van der Waals surface area contributed by atoms with Crippen molar-refractivity contribution in [3.63, 3.8) is 0 Å². The van der Waals surface area contributed by atoms with Gasteiger partial charge in [0.25, 0.3) is 0 Å². The molecule has 0 N–H and O–H groups in total. The van der Waals surface area contributed by atoms with Crippen LogP contribution in [0.3, 0.4) is 0 Å². The lowest BCUT2D eigenvalue weighted by Gasteiger charge is -2.23. The third-order valence-electron chi connectivity index (χ3n) is 8.16. The zero-order valence-electron chi connectivity index (χ0n) is 26.4. The van der Waals surface area contributed by atoms with Gasteiger partial charge in [-0.3, -0.25) is 0 Å². The van der Waals surface area contributed by atoms with Crippen molar-refractivity contribution in [1.82, 2.24) is 0 Å². The van der Waals surface area contributed by atoms with Crippen molar-refractivity contribution in [3.05, 3.63) is 94.0 Å². The van der Waals surface area contributed by atoms with E-state index < -0.39 is 8.24 Å². The lowest BCUT2D eigenvalue weighted by Crippen LogP contribution is -2.13. The second kappa shape index (κ2) is 11.1. The van der Waals surface area contributed by atoms with Crippen LogP contribution in [0.1, 0.15) is 74.9 Å². The van der Waals surface area contributed by atoms with Crippen molar-refractivity contribution in [2.75, 3.05) is 0 Å². The van der Waals surface area contributed by atoms with E-state index in [1.165, 1.54) is 22.3 Å². The van der Waals surface area contributed by atoms with Gasteiger partial charge in [0.05, 0.1) is 9.47 Å². The lowest BCUT2D eigenvalue weighted by molar-refractivity contribution is 0.489. The van der Waals surface area contributed by atoms with Gasteiger partial charge in [-0.05, 0) is 72.9 Å². The Labute approximate surface area is 253 Å². The number of benzene rings is 4. The molecule has 1 atom stereocenters. The molecule has 1 heterocycles. The van der Waals surface area contributed by atoms with Crippen LogP contribution in [-0.2, 0) is 10.8 Å². The Hall–Kier alpha value is -3.19. The van der Waals surface area contributed by atoms with Crippen molar-refractivity contribution >= 4 is 39.6 Å². The zero-order chi connectivity index (χ0) is 30.6. The van der Waals surface area contributed by atoms with Gasteiger partial charge >= 0.3 is 8.24 Å². The predicted octanol–water partition coefficient (Wildman–Crippen LogP) is 11.8. The van der Waals surface area contributed by atoms with E-state index in [0.29, 0.717) is 5.75 Å². The number of fused-ring (bicyclic) bond motifs is 3. The first-order chi connectivity index (χ1) is 19.7. The smallest absolute Gasteiger partial charge is 0.453 e. The van der Waals surface area contributed by atoms with E-state index in [4.69, 9.17) is 17.4 Å². The lowest BCUT2D eigenvalue weighted by atomic mass is 9.81. The van der Waals surface area contributed by atoms with E-state index in [-0.39, 0.29) is 10.8 Å². The van der Waals surface area contributed by atoms with E-state index in [9.17, 15) is 0 Å². The molecule has 0 radical (unpaired) electrons. The van der Waals surface area contributed by atoms with Crippen molar-refractivity contribution < 1.29 is 17.4 Å². The summed E-state index contributed by atoms with van der Waals surface area (Å²) >= 11 is 0. The maximum absolute atomic E-state index is 6.93. The van der Waals surface area contributed by atoms with Gasteiger partial charge in [-0.25, -0.2) is 0 Å². The van der Waals surface area contributed by atoms with Gasteiger partial charge in [0.15, 0.2) is 0 Å². The Morgan fingerprint density at radius 1 is 0.619 bits per heavy atom. The molecular weight excluding hydrogens is 558 g/mol. The molecule has 0 bridgehead atoms. The maximum atomic E-state index is 6.93. The Morgan fingerprint density at radius 2 is 1.02 bits per heavy atom. The normalized spacial score (nSPS) is 12.2. The molecule has 0 fully saturated rings. The van der Waals surface area contributed by atoms with Crippen LogP contribution in [0.25, 0.3) is 33.1 Å². The van der Waals surface area contributed by atoms with Crippen LogP contribution in [0, 0.1) is 27.7 Å². The highest BCUT2D eigenvalue weighted by Gasteiger charge is 2.27. The standard InChI is InChI=1S/C36H42O4P2/c1-21-19-27(35(5,6)7)33-31(23(21)3)32-24(4)22(2)20-28(36(8,9)10)34(32)40-42(39-33)38-30-18-14-12-16-26(30)25-15-11-13-17-29(25)37-41/h11-20H,41H2,1-10H3. The molecule has 220 valence electrons. The van der Waals surface area contributed by atoms with Gasteiger partial charge in [-0.1, -0.05) is 90.1 Å². The SMILES string of the molecule is Cc1cc(C(C)(C)C)c2op(Oc3ccccc3-c3ccccc3OP)oc3c(C(C)(C)C)cc(C)c(C)c3c2c1C. The largest absolute Gasteiger partial charge is 0.480 e. The average Bonchev–Trinajstić information content (AvgIpc) is 3.09. The molecule has 0 amide bonds. The van der Waals surface area contributed by atoms with Crippen molar-refractivity contribution in [2.24, 2.45) is 0 Å². The van der Waals surface area contributed by atoms with Crippen molar-refractivity contribution in [1.29, 1.82) is 0 Å². The van der Waals surface area contributed by atoms with Gasteiger partial charge in [-0.15, -0.1) is 0 Å². The second-order valence-electron chi connectivity index (χ2n) is 13.2. The molecule has 5 aromatic rings. The molecule has 42 heavy (non-hydrogen) atoms. The Kier molecular flexibility index (Phi) is 8.03.